The molecule has 1 amide bonds. The van der Waals surface area contributed by atoms with Crippen LogP contribution in [0.15, 0.2) is 26.2 Å². The molecule has 2 rings (SSSR count). The largest absolute Gasteiger partial charge is 0.342 e. The van der Waals surface area contributed by atoms with Crippen molar-refractivity contribution in [3.05, 3.63) is 32.4 Å². The fraction of sp³-hybridized carbons (Fsp3) is 0.125. The molecule has 8 nitrogen and oxygen atoms in total. The Hall–Kier alpha value is -1.94. The monoisotopic (exact) mass is 285 g/mol. The van der Waals surface area contributed by atoms with Gasteiger partial charge in [-0.1, -0.05) is 11.8 Å². The van der Waals surface area contributed by atoms with Gasteiger partial charge in [0, 0.05) is 11.6 Å². The van der Waals surface area contributed by atoms with Gasteiger partial charge in [-0.2, -0.15) is 5.10 Å². The summed E-state index contributed by atoms with van der Waals surface area (Å²) in [6.07, 6.45) is 1.57. The van der Waals surface area contributed by atoms with Crippen molar-refractivity contribution in [1.82, 2.24) is 20.2 Å². The Balaban J connectivity index is 1.93. The third-order valence-corrected chi connectivity index (χ3v) is 3.34. The lowest BCUT2D eigenvalue weighted by atomic mass is 10.7. The number of thiazole rings is 1. The molecular weight excluding hydrogens is 278 g/mol. The Kier molecular flexibility index (Phi) is 3.89. The van der Waals surface area contributed by atoms with Gasteiger partial charge >= 0.3 is 5.69 Å². The van der Waals surface area contributed by atoms with Gasteiger partial charge < -0.3 is 5.32 Å². The van der Waals surface area contributed by atoms with Crippen molar-refractivity contribution >= 4 is 34.1 Å². The number of nitrogens with zero attached hydrogens (tertiary/aromatic N) is 2. The van der Waals surface area contributed by atoms with Gasteiger partial charge in [-0.25, -0.2) is 14.9 Å². The van der Waals surface area contributed by atoms with E-state index in [1.165, 1.54) is 11.3 Å². The predicted octanol–water partition coefficient (Wildman–Crippen LogP) is -0.355. The van der Waals surface area contributed by atoms with E-state index in [1.807, 2.05) is 4.98 Å². The fourth-order valence-electron chi connectivity index (χ4n) is 1.01. The number of rotatable bonds is 4. The molecular formula is C8H7N5O3S2. The third kappa shape index (κ3) is 3.28. The highest BCUT2D eigenvalue weighted by atomic mass is 32.2. The third-order valence-electron chi connectivity index (χ3n) is 1.70. The van der Waals surface area contributed by atoms with Crippen molar-refractivity contribution in [1.29, 1.82) is 0 Å². The number of anilines is 1. The minimum absolute atomic E-state index is 0.00169. The molecule has 0 radical (unpaired) electrons. The lowest BCUT2D eigenvalue weighted by Crippen LogP contribution is -2.25. The van der Waals surface area contributed by atoms with Crippen LogP contribution in [-0.4, -0.2) is 31.8 Å². The van der Waals surface area contributed by atoms with Crippen molar-refractivity contribution in [2.45, 2.75) is 5.03 Å². The second kappa shape index (κ2) is 5.60. The topological polar surface area (TPSA) is 121 Å². The van der Waals surface area contributed by atoms with Crippen molar-refractivity contribution in [2.24, 2.45) is 0 Å². The number of carbonyl (C=O) groups excluding carboxylic acids is 1. The number of H-pyrrole nitrogens is 2. The standard InChI is InChI=1S/C8H7N5O3S2/c14-4(10-8-9-1-2-17-8)3-18-6-5(15)11-7(16)13-12-6/h1-2H,3H2,(H,9,10,14)(H2,11,13,15,16). The highest BCUT2D eigenvalue weighted by Crippen LogP contribution is 2.12. The molecule has 0 spiro atoms. The van der Waals surface area contributed by atoms with E-state index in [4.69, 9.17) is 0 Å². The second-order valence-electron chi connectivity index (χ2n) is 2.99. The molecule has 0 fully saturated rings. The number of nitrogens with one attached hydrogen (secondary N) is 3. The first kappa shape index (κ1) is 12.5. The molecule has 0 aliphatic rings. The first-order valence-electron chi connectivity index (χ1n) is 4.66. The number of aromatic amines is 2. The van der Waals surface area contributed by atoms with Crippen LogP contribution in [-0.2, 0) is 4.79 Å². The maximum Gasteiger partial charge on any atom is 0.342 e. The van der Waals surface area contributed by atoms with Crippen LogP contribution in [0, 0.1) is 0 Å². The van der Waals surface area contributed by atoms with Crippen molar-refractivity contribution < 1.29 is 4.79 Å². The van der Waals surface area contributed by atoms with Crippen molar-refractivity contribution in [3.8, 4) is 0 Å². The number of aromatic nitrogens is 4. The van der Waals surface area contributed by atoms with E-state index in [9.17, 15) is 14.4 Å². The molecule has 3 N–H and O–H groups in total. The van der Waals surface area contributed by atoms with Gasteiger partial charge in [-0.15, -0.1) is 11.3 Å². The van der Waals surface area contributed by atoms with Crippen LogP contribution < -0.4 is 16.6 Å². The van der Waals surface area contributed by atoms with Crippen LogP contribution in [0.3, 0.4) is 0 Å². The SMILES string of the molecule is O=C(CSc1n[nH]c(=O)[nH]c1=O)Nc1nccs1. The predicted molar refractivity (Wildman–Crippen MR) is 66.9 cm³/mol. The zero-order valence-corrected chi connectivity index (χ0v) is 10.4. The summed E-state index contributed by atoms with van der Waals surface area (Å²) in [5.41, 5.74) is -1.30. The average Bonchev–Trinajstić information content (AvgIpc) is 2.80. The Bertz CT molecular complexity index is 647. The van der Waals surface area contributed by atoms with Gasteiger partial charge in [-0.3, -0.25) is 14.6 Å². The molecule has 0 atom stereocenters. The van der Waals surface area contributed by atoms with Crippen LogP contribution in [0.1, 0.15) is 0 Å². The van der Waals surface area contributed by atoms with E-state index < -0.39 is 11.2 Å². The molecule has 0 unspecified atom stereocenters. The minimum atomic E-state index is -0.684. The molecule has 2 aromatic rings. The van der Waals surface area contributed by atoms with E-state index in [-0.39, 0.29) is 16.7 Å². The Morgan fingerprint density at radius 1 is 1.50 bits per heavy atom. The van der Waals surface area contributed by atoms with Gasteiger partial charge in [0.2, 0.25) is 5.91 Å². The Morgan fingerprint density at radius 3 is 3.00 bits per heavy atom. The van der Waals surface area contributed by atoms with E-state index in [0.29, 0.717) is 5.13 Å². The van der Waals surface area contributed by atoms with Crippen LogP contribution >= 0.6 is 23.1 Å². The van der Waals surface area contributed by atoms with Crippen LogP contribution in [0.2, 0.25) is 0 Å². The summed E-state index contributed by atoms with van der Waals surface area (Å²) < 4.78 is 0. The first-order valence-corrected chi connectivity index (χ1v) is 6.53. The molecule has 2 heterocycles. The van der Waals surface area contributed by atoms with Crippen molar-refractivity contribution in [2.75, 3.05) is 11.1 Å². The van der Waals surface area contributed by atoms with Gasteiger partial charge in [0.15, 0.2) is 10.2 Å². The van der Waals surface area contributed by atoms with Gasteiger partial charge in [0.05, 0.1) is 5.75 Å². The van der Waals surface area contributed by atoms with E-state index >= 15 is 0 Å². The Labute approximate surface area is 108 Å². The normalized spacial score (nSPS) is 10.2. The quantitative estimate of drug-likeness (QED) is 0.660. The zero-order valence-electron chi connectivity index (χ0n) is 8.80. The van der Waals surface area contributed by atoms with E-state index in [2.05, 4.69) is 20.5 Å². The molecule has 0 saturated heterocycles. The molecule has 10 heteroatoms. The van der Waals surface area contributed by atoms with Gasteiger partial charge in [-0.05, 0) is 0 Å². The maximum atomic E-state index is 11.5. The van der Waals surface area contributed by atoms with E-state index in [0.717, 1.165) is 11.8 Å². The molecule has 0 aromatic carbocycles. The van der Waals surface area contributed by atoms with Gasteiger partial charge in [0.25, 0.3) is 5.56 Å². The summed E-state index contributed by atoms with van der Waals surface area (Å²) in [4.78, 5) is 39.4. The fourth-order valence-corrected chi connectivity index (χ4v) is 2.19. The molecule has 0 bridgehead atoms. The molecule has 2 aromatic heterocycles. The minimum Gasteiger partial charge on any atom is -0.301 e. The molecule has 0 aliphatic carbocycles. The summed E-state index contributed by atoms with van der Waals surface area (Å²) in [6.45, 7) is 0. The summed E-state index contributed by atoms with van der Waals surface area (Å²) in [5.74, 6) is -0.302. The van der Waals surface area contributed by atoms with Crippen LogP contribution in [0.25, 0.3) is 0 Å². The average molecular weight is 285 g/mol. The number of thioether (sulfide) groups is 1. The number of amides is 1. The summed E-state index contributed by atoms with van der Waals surface area (Å²) in [6, 6.07) is 0. The van der Waals surface area contributed by atoms with Gasteiger partial charge in [0.1, 0.15) is 0 Å². The molecule has 0 saturated carbocycles. The van der Waals surface area contributed by atoms with Crippen LogP contribution in [0.4, 0.5) is 5.13 Å². The van der Waals surface area contributed by atoms with Crippen LogP contribution in [0.5, 0.6) is 0 Å². The smallest absolute Gasteiger partial charge is 0.301 e. The number of hydrogen-bond acceptors (Lipinski definition) is 7. The maximum absolute atomic E-state index is 11.5. The second-order valence-corrected chi connectivity index (χ2v) is 4.84. The molecule has 18 heavy (non-hydrogen) atoms. The summed E-state index contributed by atoms with van der Waals surface area (Å²) >= 11 is 2.22. The summed E-state index contributed by atoms with van der Waals surface area (Å²) in [5, 5.41) is 10.4. The number of hydrogen-bond donors (Lipinski definition) is 3. The Morgan fingerprint density at radius 2 is 2.33 bits per heavy atom. The highest BCUT2D eigenvalue weighted by Gasteiger charge is 2.08. The molecule has 0 aliphatic heterocycles. The zero-order chi connectivity index (χ0) is 13.0. The number of carbonyl (C=O) groups is 1. The van der Waals surface area contributed by atoms with E-state index in [1.54, 1.807) is 11.6 Å². The lowest BCUT2D eigenvalue weighted by Gasteiger charge is -2.00. The lowest BCUT2D eigenvalue weighted by molar-refractivity contribution is -0.113. The summed E-state index contributed by atoms with van der Waals surface area (Å²) in [7, 11) is 0. The van der Waals surface area contributed by atoms with Crippen molar-refractivity contribution in [3.63, 3.8) is 0 Å². The highest BCUT2D eigenvalue weighted by molar-refractivity contribution is 7.99. The first-order chi connectivity index (χ1) is 8.65. The molecule has 94 valence electrons.